The molecule has 2 heterocycles. The number of nitrogens with one attached hydrogen (secondary N) is 2. The van der Waals surface area contributed by atoms with Crippen molar-refractivity contribution < 1.29 is 4.39 Å². The van der Waals surface area contributed by atoms with E-state index in [2.05, 4.69) is 41.4 Å². The van der Waals surface area contributed by atoms with Crippen molar-refractivity contribution in [2.75, 3.05) is 5.32 Å². The molecule has 0 aliphatic carbocycles. The fraction of sp³-hybridized carbons (Fsp3) is 0.467. The molecule has 0 radical (unpaired) electrons. The Bertz CT molecular complexity index is 604. The third kappa shape index (κ3) is 4.75. The standard InChI is InChI=1S/C15H21FN4S/c1-10-20-12(9-21-10)8-18-14-13(16)11(5-6-17-14)7-19-15(2,3)4/h5-6,9,19H,7-8H2,1-4H3,(H,17,18). The highest BCUT2D eigenvalue weighted by Gasteiger charge is 2.13. The van der Waals surface area contributed by atoms with Crippen LogP contribution in [-0.4, -0.2) is 15.5 Å². The number of thiazole rings is 1. The number of halogens is 1. The van der Waals surface area contributed by atoms with Gasteiger partial charge in [-0.1, -0.05) is 0 Å². The van der Waals surface area contributed by atoms with Crippen LogP contribution in [0, 0.1) is 12.7 Å². The summed E-state index contributed by atoms with van der Waals surface area (Å²) >= 11 is 1.58. The van der Waals surface area contributed by atoms with Crippen molar-refractivity contribution in [1.29, 1.82) is 0 Å². The van der Waals surface area contributed by atoms with Crippen molar-refractivity contribution >= 4 is 17.2 Å². The molecule has 2 N–H and O–H groups in total. The first-order chi connectivity index (χ1) is 9.85. The van der Waals surface area contributed by atoms with Gasteiger partial charge in [-0.05, 0) is 33.8 Å². The van der Waals surface area contributed by atoms with Gasteiger partial charge in [0.1, 0.15) is 0 Å². The monoisotopic (exact) mass is 308 g/mol. The average Bonchev–Trinajstić information content (AvgIpc) is 2.81. The van der Waals surface area contributed by atoms with Gasteiger partial charge in [0.05, 0.1) is 17.2 Å². The fourth-order valence-corrected chi connectivity index (χ4v) is 2.38. The first-order valence-corrected chi connectivity index (χ1v) is 7.76. The smallest absolute Gasteiger partial charge is 0.169 e. The highest BCUT2D eigenvalue weighted by Crippen LogP contribution is 2.17. The molecular weight excluding hydrogens is 287 g/mol. The molecule has 0 fully saturated rings. The van der Waals surface area contributed by atoms with Crippen LogP contribution in [0.2, 0.25) is 0 Å². The molecule has 0 aromatic carbocycles. The van der Waals surface area contributed by atoms with E-state index in [1.54, 1.807) is 23.6 Å². The van der Waals surface area contributed by atoms with Gasteiger partial charge in [-0.3, -0.25) is 0 Å². The maximum absolute atomic E-state index is 14.4. The Balaban J connectivity index is 2.03. The lowest BCUT2D eigenvalue weighted by atomic mass is 10.1. The second-order valence-electron chi connectivity index (χ2n) is 5.95. The normalized spacial score (nSPS) is 11.7. The highest BCUT2D eigenvalue weighted by atomic mass is 32.1. The van der Waals surface area contributed by atoms with Crippen molar-refractivity contribution in [3.8, 4) is 0 Å². The largest absolute Gasteiger partial charge is 0.362 e. The van der Waals surface area contributed by atoms with E-state index in [0.29, 0.717) is 18.7 Å². The summed E-state index contributed by atoms with van der Waals surface area (Å²) in [6.07, 6.45) is 1.62. The van der Waals surface area contributed by atoms with Crippen LogP contribution in [0.1, 0.15) is 37.0 Å². The van der Waals surface area contributed by atoms with Crippen molar-refractivity contribution in [1.82, 2.24) is 15.3 Å². The molecule has 21 heavy (non-hydrogen) atoms. The summed E-state index contributed by atoms with van der Waals surface area (Å²) in [6.45, 7) is 9.06. The molecule has 0 atom stereocenters. The Morgan fingerprint density at radius 1 is 1.29 bits per heavy atom. The predicted molar refractivity (Wildman–Crippen MR) is 85.0 cm³/mol. The predicted octanol–water partition coefficient (Wildman–Crippen LogP) is 3.49. The van der Waals surface area contributed by atoms with E-state index in [1.807, 2.05) is 12.3 Å². The Hall–Kier alpha value is -1.53. The molecule has 2 rings (SSSR count). The van der Waals surface area contributed by atoms with Gasteiger partial charge in [-0.2, -0.15) is 0 Å². The molecule has 4 nitrogen and oxygen atoms in total. The van der Waals surface area contributed by atoms with Gasteiger partial charge in [0.2, 0.25) is 0 Å². The summed E-state index contributed by atoms with van der Waals surface area (Å²) in [5, 5.41) is 9.25. The van der Waals surface area contributed by atoms with Gasteiger partial charge >= 0.3 is 0 Å². The zero-order valence-electron chi connectivity index (χ0n) is 12.8. The molecule has 0 aliphatic rings. The van der Waals surface area contributed by atoms with Crippen molar-refractivity contribution in [2.45, 2.75) is 46.3 Å². The number of pyridine rings is 1. The second-order valence-corrected chi connectivity index (χ2v) is 7.01. The van der Waals surface area contributed by atoms with E-state index < -0.39 is 0 Å². The van der Waals surface area contributed by atoms with Crippen molar-refractivity contribution in [2.24, 2.45) is 0 Å². The number of hydrogen-bond donors (Lipinski definition) is 2. The van der Waals surface area contributed by atoms with Gasteiger partial charge in [0.25, 0.3) is 0 Å². The third-order valence-electron chi connectivity index (χ3n) is 2.88. The van der Waals surface area contributed by atoms with Crippen LogP contribution in [0.15, 0.2) is 17.6 Å². The van der Waals surface area contributed by atoms with Gasteiger partial charge < -0.3 is 10.6 Å². The molecule has 0 aliphatic heterocycles. The van der Waals surface area contributed by atoms with Crippen LogP contribution in [-0.2, 0) is 13.1 Å². The van der Waals surface area contributed by atoms with Crippen molar-refractivity contribution in [3.63, 3.8) is 0 Å². The first kappa shape index (κ1) is 15.9. The Kier molecular flexibility index (Phi) is 4.90. The number of aryl methyl sites for hydroxylation is 1. The number of anilines is 1. The van der Waals surface area contributed by atoms with E-state index in [4.69, 9.17) is 0 Å². The summed E-state index contributed by atoms with van der Waals surface area (Å²) in [5.41, 5.74) is 1.45. The number of hydrogen-bond acceptors (Lipinski definition) is 5. The quantitative estimate of drug-likeness (QED) is 0.888. The van der Waals surface area contributed by atoms with Gasteiger partial charge in [0.15, 0.2) is 11.6 Å². The molecule has 114 valence electrons. The summed E-state index contributed by atoms with van der Waals surface area (Å²) in [7, 11) is 0. The summed E-state index contributed by atoms with van der Waals surface area (Å²) in [5.74, 6) is -0.0323. The van der Waals surface area contributed by atoms with Crippen molar-refractivity contribution in [3.05, 3.63) is 39.7 Å². The molecule has 0 amide bonds. The Labute approximate surface area is 128 Å². The zero-order chi connectivity index (χ0) is 15.5. The minimum atomic E-state index is -0.304. The second kappa shape index (κ2) is 6.49. The lowest BCUT2D eigenvalue weighted by Crippen LogP contribution is -2.35. The molecule has 0 saturated heterocycles. The molecular formula is C15H21FN4S. The van der Waals surface area contributed by atoms with E-state index in [0.717, 1.165) is 10.7 Å². The molecule has 0 saturated carbocycles. The lowest BCUT2D eigenvalue weighted by molar-refractivity contribution is 0.418. The highest BCUT2D eigenvalue weighted by molar-refractivity contribution is 7.09. The van der Waals surface area contributed by atoms with E-state index in [-0.39, 0.29) is 17.2 Å². The molecule has 0 bridgehead atoms. The molecule has 6 heteroatoms. The summed E-state index contributed by atoms with van der Waals surface area (Å²) in [6, 6.07) is 1.70. The SMILES string of the molecule is Cc1nc(CNc2nccc(CNC(C)(C)C)c2F)cs1. The Morgan fingerprint density at radius 2 is 2.05 bits per heavy atom. The minimum Gasteiger partial charge on any atom is -0.362 e. The van der Waals surface area contributed by atoms with E-state index in [9.17, 15) is 4.39 Å². The number of rotatable bonds is 5. The molecule has 2 aromatic rings. The number of nitrogens with zero attached hydrogens (tertiary/aromatic N) is 2. The zero-order valence-corrected chi connectivity index (χ0v) is 13.6. The maximum atomic E-state index is 14.4. The topological polar surface area (TPSA) is 49.8 Å². The van der Waals surface area contributed by atoms with Crippen LogP contribution in [0.4, 0.5) is 10.2 Å². The molecule has 0 unspecified atom stereocenters. The van der Waals surface area contributed by atoms with Gasteiger partial charge in [-0.25, -0.2) is 14.4 Å². The van der Waals surface area contributed by atoms with Crippen LogP contribution < -0.4 is 10.6 Å². The van der Waals surface area contributed by atoms with Crippen LogP contribution >= 0.6 is 11.3 Å². The fourth-order valence-electron chi connectivity index (χ4n) is 1.77. The Morgan fingerprint density at radius 3 is 2.67 bits per heavy atom. The molecule has 2 aromatic heterocycles. The lowest BCUT2D eigenvalue weighted by Gasteiger charge is -2.21. The van der Waals surface area contributed by atoms with E-state index in [1.165, 1.54) is 0 Å². The first-order valence-electron chi connectivity index (χ1n) is 6.88. The minimum absolute atomic E-state index is 0.0541. The van der Waals surface area contributed by atoms with Crippen LogP contribution in [0.25, 0.3) is 0 Å². The van der Waals surface area contributed by atoms with Crippen LogP contribution in [0.3, 0.4) is 0 Å². The average molecular weight is 308 g/mol. The molecule has 0 spiro atoms. The maximum Gasteiger partial charge on any atom is 0.169 e. The van der Waals surface area contributed by atoms with Gasteiger partial charge in [-0.15, -0.1) is 11.3 Å². The van der Waals surface area contributed by atoms with E-state index >= 15 is 0 Å². The summed E-state index contributed by atoms with van der Waals surface area (Å²) < 4.78 is 14.4. The van der Waals surface area contributed by atoms with Crippen LogP contribution in [0.5, 0.6) is 0 Å². The van der Waals surface area contributed by atoms with Gasteiger partial charge in [0, 0.05) is 29.2 Å². The summed E-state index contributed by atoms with van der Waals surface area (Å²) in [4.78, 5) is 8.41. The number of aromatic nitrogens is 2. The third-order valence-corrected chi connectivity index (χ3v) is 3.70.